The minimum atomic E-state index is 0.601. The Bertz CT molecular complexity index is 795. The number of para-hydroxylation sites is 1. The van der Waals surface area contributed by atoms with Crippen molar-refractivity contribution in [3.05, 3.63) is 71.8 Å². The molecule has 0 fully saturated rings. The summed E-state index contributed by atoms with van der Waals surface area (Å²) in [4.78, 5) is 2.25. The Morgan fingerprint density at radius 1 is 0.952 bits per heavy atom. The molecule has 3 aromatic carbocycles. The van der Waals surface area contributed by atoms with Crippen molar-refractivity contribution < 1.29 is 4.74 Å². The van der Waals surface area contributed by atoms with Crippen molar-refractivity contribution in [2.45, 2.75) is 13.5 Å². The number of aryl methyl sites for hydroxylation is 1. The summed E-state index contributed by atoms with van der Waals surface area (Å²) >= 11 is 0. The smallest absolute Gasteiger partial charge is 0.161 e. The number of benzene rings is 3. The molecule has 0 radical (unpaired) electrons. The third-order valence-corrected chi connectivity index (χ3v) is 4.06. The molecular weight excluding hydrogens is 258 g/mol. The van der Waals surface area contributed by atoms with Crippen molar-refractivity contribution in [3.63, 3.8) is 0 Å². The third-order valence-electron chi connectivity index (χ3n) is 4.06. The summed E-state index contributed by atoms with van der Waals surface area (Å²) in [6.45, 7) is 3.62. The lowest BCUT2D eigenvalue weighted by atomic mass is 10.0. The van der Waals surface area contributed by atoms with Gasteiger partial charge < -0.3 is 9.64 Å². The molecule has 0 amide bonds. The predicted octanol–water partition coefficient (Wildman–Crippen LogP) is 4.50. The van der Waals surface area contributed by atoms with Crippen LogP contribution in [-0.2, 0) is 6.54 Å². The molecule has 3 aromatic rings. The summed E-state index contributed by atoms with van der Waals surface area (Å²) in [5.41, 5.74) is 3.72. The van der Waals surface area contributed by atoms with Gasteiger partial charge in [-0.15, -0.1) is 0 Å². The first-order chi connectivity index (χ1) is 10.3. The van der Waals surface area contributed by atoms with Crippen molar-refractivity contribution in [1.29, 1.82) is 0 Å². The molecule has 0 spiro atoms. The van der Waals surface area contributed by atoms with Crippen LogP contribution in [0.1, 0.15) is 11.1 Å². The molecule has 2 heteroatoms. The molecule has 0 saturated heterocycles. The maximum absolute atomic E-state index is 6.08. The quantitative estimate of drug-likeness (QED) is 0.648. The van der Waals surface area contributed by atoms with Crippen LogP contribution in [0.25, 0.3) is 10.8 Å². The van der Waals surface area contributed by atoms with E-state index in [4.69, 9.17) is 4.74 Å². The molecule has 21 heavy (non-hydrogen) atoms. The first-order valence-corrected chi connectivity index (χ1v) is 7.26. The van der Waals surface area contributed by atoms with Crippen LogP contribution < -0.4 is 9.64 Å². The Morgan fingerprint density at radius 3 is 2.62 bits per heavy atom. The Balaban J connectivity index is 1.77. The normalized spacial score (nSPS) is 13.9. The Labute approximate surface area is 124 Å². The van der Waals surface area contributed by atoms with Gasteiger partial charge in [0, 0.05) is 23.2 Å². The number of ether oxygens (including phenoxy) is 1. The third kappa shape index (κ3) is 2.13. The fourth-order valence-electron chi connectivity index (χ4n) is 2.94. The molecule has 1 aliphatic rings. The molecule has 0 atom stereocenters. The minimum Gasteiger partial charge on any atom is -0.472 e. The van der Waals surface area contributed by atoms with Gasteiger partial charge in [0.2, 0.25) is 0 Å². The van der Waals surface area contributed by atoms with Gasteiger partial charge in [-0.25, -0.2) is 0 Å². The molecule has 0 aromatic heterocycles. The van der Waals surface area contributed by atoms with Crippen LogP contribution >= 0.6 is 0 Å². The number of nitrogens with zero attached hydrogens (tertiary/aromatic N) is 1. The molecule has 104 valence electrons. The highest BCUT2D eigenvalue weighted by molar-refractivity contribution is 5.90. The average Bonchev–Trinajstić information content (AvgIpc) is 2.55. The summed E-state index contributed by atoms with van der Waals surface area (Å²) in [5, 5.41) is 2.47. The summed E-state index contributed by atoms with van der Waals surface area (Å²) in [6, 6.07) is 21.3. The first-order valence-electron chi connectivity index (χ1n) is 7.26. The van der Waals surface area contributed by atoms with Crippen LogP contribution in [0.2, 0.25) is 0 Å². The van der Waals surface area contributed by atoms with Crippen LogP contribution in [0.15, 0.2) is 60.7 Å². The summed E-state index contributed by atoms with van der Waals surface area (Å²) < 4.78 is 6.08. The Kier molecular flexibility index (Phi) is 2.81. The van der Waals surface area contributed by atoms with Crippen molar-refractivity contribution in [2.24, 2.45) is 0 Å². The van der Waals surface area contributed by atoms with Crippen LogP contribution in [-0.4, -0.2) is 6.73 Å². The standard InChI is InChI=1S/C19H17NO/c1-14-7-8-15-9-10-16-12-20(17-5-3-2-4-6-17)13-21-19(16)18(15)11-14/h2-11H,12-13H2,1H3. The predicted molar refractivity (Wildman–Crippen MR) is 86.8 cm³/mol. The van der Waals surface area contributed by atoms with Crippen molar-refractivity contribution >= 4 is 16.5 Å². The highest BCUT2D eigenvalue weighted by atomic mass is 16.5. The molecule has 1 aliphatic heterocycles. The Hall–Kier alpha value is -2.48. The van der Waals surface area contributed by atoms with Crippen LogP contribution in [0.4, 0.5) is 5.69 Å². The van der Waals surface area contributed by atoms with E-state index in [1.807, 2.05) is 6.07 Å². The highest BCUT2D eigenvalue weighted by Gasteiger charge is 2.19. The fourth-order valence-corrected chi connectivity index (χ4v) is 2.94. The SMILES string of the molecule is Cc1ccc2ccc3c(c2c1)OCN(c1ccccc1)C3. The summed E-state index contributed by atoms with van der Waals surface area (Å²) in [5.74, 6) is 1.04. The lowest BCUT2D eigenvalue weighted by molar-refractivity contribution is 0.293. The molecule has 0 bridgehead atoms. The fraction of sp³-hybridized carbons (Fsp3) is 0.158. The van der Waals surface area contributed by atoms with Gasteiger partial charge in [-0.2, -0.15) is 0 Å². The van der Waals surface area contributed by atoms with E-state index in [0.29, 0.717) is 6.73 Å². The molecule has 0 aliphatic carbocycles. The topological polar surface area (TPSA) is 12.5 Å². The van der Waals surface area contributed by atoms with Crippen LogP contribution in [0, 0.1) is 6.92 Å². The van der Waals surface area contributed by atoms with Crippen LogP contribution in [0.3, 0.4) is 0 Å². The van der Waals surface area contributed by atoms with E-state index < -0.39 is 0 Å². The molecule has 2 nitrogen and oxygen atoms in total. The maximum Gasteiger partial charge on any atom is 0.161 e. The van der Waals surface area contributed by atoms with Crippen molar-refractivity contribution in [2.75, 3.05) is 11.6 Å². The van der Waals surface area contributed by atoms with Gasteiger partial charge in [-0.3, -0.25) is 0 Å². The summed E-state index contributed by atoms with van der Waals surface area (Å²) in [6.07, 6.45) is 0. The first kappa shape index (κ1) is 12.3. The van der Waals surface area contributed by atoms with E-state index >= 15 is 0 Å². The zero-order valence-electron chi connectivity index (χ0n) is 12.0. The van der Waals surface area contributed by atoms with Gasteiger partial charge in [0.1, 0.15) is 5.75 Å². The lowest BCUT2D eigenvalue weighted by Crippen LogP contribution is -2.31. The van der Waals surface area contributed by atoms with Crippen molar-refractivity contribution in [3.8, 4) is 5.75 Å². The van der Waals surface area contributed by atoms with E-state index in [9.17, 15) is 0 Å². The number of anilines is 1. The Morgan fingerprint density at radius 2 is 1.76 bits per heavy atom. The largest absolute Gasteiger partial charge is 0.472 e. The van der Waals surface area contributed by atoms with Gasteiger partial charge in [-0.1, -0.05) is 48.0 Å². The van der Waals surface area contributed by atoms with E-state index in [1.54, 1.807) is 0 Å². The van der Waals surface area contributed by atoms with Gasteiger partial charge in [0.15, 0.2) is 6.73 Å². The van der Waals surface area contributed by atoms with E-state index in [0.717, 1.165) is 12.3 Å². The monoisotopic (exact) mass is 275 g/mol. The van der Waals surface area contributed by atoms with Gasteiger partial charge >= 0.3 is 0 Å². The second-order valence-electron chi connectivity index (χ2n) is 5.59. The molecule has 0 saturated carbocycles. The van der Waals surface area contributed by atoms with Gasteiger partial charge in [0.25, 0.3) is 0 Å². The number of hydrogen-bond acceptors (Lipinski definition) is 2. The molecule has 0 unspecified atom stereocenters. The zero-order chi connectivity index (χ0) is 14.2. The molecule has 1 heterocycles. The minimum absolute atomic E-state index is 0.601. The summed E-state index contributed by atoms with van der Waals surface area (Å²) in [7, 11) is 0. The highest BCUT2D eigenvalue weighted by Crippen LogP contribution is 2.35. The van der Waals surface area contributed by atoms with Gasteiger partial charge in [0.05, 0.1) is 0 Å². The second-order valence-corrected chi connectivity index (χ2v) is 5.59. The lowest BCUT2D eigenvalue weighted by Gasteiger charge is -2.31. The number of fused-ring (bicyclic) bond motifs is 3. The molecule has 4 rings (SSSR count). The van der Waals surface area contributed by atoms with Crippen molar-refractivity contribution in [1.82, 2.24) is 0 Å². The van der Waals surface area contributed by atoms with E-state index in [2.05, 4.69) is 66.4 Å². The van der Waals surface area contributed by atoms with Crippen LogP contribution in [0.5, 0.6) is 5.75 Å². The van der Waals surface area contributed by atoms with E-state index in [1.165, 1.54) is 27.6 Å². The number of rotatable bonds is 1. The molecule has 0 N–H and O–H groups in total. The average molecular weight is 275 g/mol. The zero-order valence-corrected chi connectivity index (χ0v) is 12.0. The molecular formula is C19H17NO. The van der Waals surface area contributed by atoms with Gasteiger partial charge in [-0.05, 0) is 30.5 Å². The number of hydrogen-bond donors (Lipinski definition) is 0. The second kappa shape index (κ2) is 4.81. The van der Waals surface area contributed by atoms with E-state index in [-0.39, 0.29) is 0 Å². The maximum atomic E-state index is 6.08.